The number of halogens is 1. The van der Waals surface area contributed by atoms with Crippen LogP contribution in [0.4, 0.5) is 11.4 Å². The molecule has 7 heteroatoms. The summed E-state index contributed by atoms with van der Waals surface area (Å²) >= 11 is 6.03. The normalized spacial score (nSPS) is 10.5. The van der Waals surface area contributed by atoms with E-state index < -0.39 is 4.92 Å². The maximum atomic E-state index is 10.6. The summed E-state index contributed by atoms with van der Waals surface area (Å²) < 4.78 is 2.06. The van der Waals surface area contributed by atoms with Crippen LogP contribution in [0.5, 0.6) is 0 Å². The van der Waals surface area contributed by atoms with E-state index in [0.29, 0.717) is 17.3 Å². The monoisotopic (exact) mass is 294 g/mol. The van der Waals surface area contributed by atoms with Crippen molar-refractivity contribution in [1.82, 2.24) is 9.55 Å². The van der Waals surface area contributed by atoms with Gasteiger partial charge in [-0.15, -0.1) is 0 Å². The molecule has 0 saturated carbocycles. The lowest BCUT2D eigenvalue weighted by Crippen LogP contribution is -2.07. The minimum absolute atomic E-state index is 0.0171. The Morgan fingerprint density at radius 2 is 2.30 bits per heavy atom. The Morgan fingerprint density at radius 3 is 2.95 bits per heavy atom. The number of aryl methyl sites for hydroxylation is 1. The highest BCUT2D eigenvalue weighted by Gasteiger charge is 2.09. The number of aromatic nitrogens is 2. The fourth-order valence-corrected chi connectivity index (χ4v) is 2.13. The number of nitrogens with zero attached hydrogens (tertiary/aromatic N) is 3. The van der Waals surface area contributed by atoms with Crippen molar-refractivity contribution in [3.63, 3.8) is 0 Å². The van der Waals surface area contributed by atoms with Gasteiger partial charge in [-0.3, -0.25) is 10.1 Å². The van der Waals surface area contributed by atoms with E-state index in [9.17, 15) is 10.1 Å². The predicted molar refractivity (Wildman–Crippen MR) is 78.0 cm³/mol. The van der Waals surface area contributed by atoms with E-state index in [1.807, 2.05) is 0 Å². The standard InChI is InChI=1S/C13H15ClN4O2/c1-2-5-17-9-15-7-11(17)8-16-13-4-3-10(18(19)20)6-12(13)14/h3-4,6-7,9,16H,2,5,8H2,1H3. The Morgan fingerprint density at radius 1 is 1.50 bits per heavy atom. The highest BCUT2D eigenvalue weighted by molar-refractivity contribution is 6.33. The quantitative estimate of drug-likeness (QED) is 0.654. The Hall–Kier alpha value is -2.08. The first-order valence-corrected chi connectivity index (χ1v) is 6.66. The van der Waals surface area contributed by atoms with E-state index in [4.69, 9.17) is 11.6 Å². The second-order valence-corrected chi connectivity index (χ2v) is 4.76. The average Bonchev–Trinajstić information content (AvgIpc) is 2.85. The zero-order chi connectivity index (χ0) is 14.5. The summed E-state index contributed by atoms with van der Waals surface area (Å²) in [4.78, 5) is 14.3. The summed E-state index contributed by atoms with van der Waals surface area (Å²) in [7, 11) is 0. The lowest BCUT2D eigenvalue weighted by atomic mass is 10.2. The minimum Gasteiger partial charge on any atom is -0.378 e. The van der Waals surface area contributed by atoms with Crippen LogP contribution in [0, 0.1) is 10.1 Å². The third-order valence-electron chi connectivity index (χ3n) is 2.89. The van der Waals surface area contributed by atoms with Crippen LogP contribution in [0.1, 0.15) is 19.0 Å². The molecule has 1 aromatic carbocycles. The molecule has 0 fully saturated rings. The van der Waals surface area contributed by atoms with Crippen molar-refractivity contribution < 1.29 is 4.92 Å². The van der Waals surface area contributed by atoms with E-state index in [1.165, 1.54) is 12.1 Å². The Bertz CT molecular complexity index is 612. The van der Waals surface area contributed by atoms with E-state index in [-0.39, 0.29) is 5.69 Å². The fourth-order valence-electron chi connectivity index (χ4n) is 1.88. The third-order valence-corrected chi connectivity index (χ3v) is 3.20. The SMILES string of the molecule is CCCn1cncc1CNc1ccc([N+](=O)[O-])cc1Cl. The first-order chi connectivity index (χ1) is 9.61. The largest absolute Gasteiger partial charge is 0.378 e. The fraction of sp³-hybridized carbons (Fsp3) is 0.308. The van der Waals surface area contributed by atoms with Gasteiger partial charge in [0.25, 0.3) is 5.69 Å². The van der Waals surface area contributed by atoms with E-state index in [0.717, 1.165) is 18.7 Å². The molecule has 20 heavy (non-hydrogen) atoms. The molecule has 0 spiro atoms. The average molecular weight is 295 g/mol. The Balaban J connectivity index is 2.07. The van der Waals surface area contributed by atoms with E-state index >= 15 is 0 Å². The molecule has 0 amide bonds. The van der Waals surface area contributed by atoms with Crippen LogP contribution in [-0.4, -0.2) is 14.5 Å². The van der Waals surface area contributed by atoms with Gasteiger partial charge in [0.05, 0.1) is 34.2 Å². The molecule has 0 atom stereocenters. The summed E-state index contributed by atoms with van der Waals surface area (Å²) in [5.41, 5.74) is 1.69. The van der Waals surface area contributed by atoms with Crippen molar-refractivity contribution >= 4 is 23.0 Å². The van der Waals surface area contributed by atoms with Crippen molar-refractivity contribution in [3.05, 3.63) is 51.6 Å². The van der Waals surface area contributed by atoms with Gasteiger partial charge in [-0.1, -0.05) is 18.5 Å². The highest BCUT2D eigenvalue weighted by atomic mass is 35.5. The number of nitro benzene ring substituents is 1. The van der Waals surface area contributed by atoms with Crippen LogP contribution in [0.3, 0.4) is 0 Å². The number of nitrogens with one attached hydrogen (secondary N) is 1. The maximum absolute atomic E-state index is 10.6. The number of hydrogen-bond acceptors (Lipinski definition) is 4. The van der Waals surface area contributed by atoms with E-state index in [1.54, 1.807) is 18.6 Å². The van der Waals surface area contributed by atoms with Crippen molar-refractivity contribution in [2.45, 2.75) is 26.4 Å². The van der Waals surface area contributed by atoms with Crippen LogP contribution >= 0.6 is 11.6 Å². The summed E-state index contributed by atoms with van der Waals surface area (Å²) in [6, 6.07) is 4.38. The Kier molecular flexibility index (Phi) is 4.57. The topological polar surface area (TPSA) is 73.0 Å². The first kappa shape index (κ1) is 14.3. The van der Waals surface area contributed by atoms with Gasteiger partial charge in [0, 0.05) is 24.9 Å². The van der Waals surface area contributed by atoms with Crippen LogP contribution in [0.25, 0.3) is 0 Å². The lowest BCUT2D eigenvalue weighted by molar-refractivity contribution is -0.384. The van der Waals surface area contributed by atoms with Crippen LogP contribution in [-0.2, 0) is 13.1 Å². The van der Waals surface area contributed by atoms with Gasteiger partial charge in [0.1, 0.15) is 0 Å². The van der Waals surface area contributed by atoms with Crippen molar-refractivity contribution in [2.75, 3.05) is 5.32 Å². The molecule has 6 nitrogen and oxygen atoms in total. The van der Waals surface area contributed by atoms with Gasteiger partial charge in [-0.25, -0.2) is 4.98 Å². The second-order valence-electron chi connectivity index (χ2n) is 4.35. The molecular weight excluding hydrogens is 280 g/mol. The molecule has 0 saturated heterocycles. The number of hydrogen-bond donors (Lipinski definition) is 1. The third kappa shape index (κ3) is 3.27. The molecule has 0 unspecified atom stereocenters. The molecule has 2 rings (SSSR count). The summed E-state index contributed by atoms with van der Waals surface area (Å²) in [6.45, 7) is 3.58. The maximum Gasteiger partial charge on any atom is 0.271 e. The van der Waals surface area contributed by atoms with Crippen molar-refractivity contribution in [3.8, 4) is 0 Å². The summed E-state index contributed by atoms with van der Waals surface area (Å²) in [5.74, 6) is 0. The van der Waals surface area contributed by atoms with Gasteiger partial charge in [-0.05, 0) is 12.5 Å². The number of nitro groups is 1. The molecule has 0 radical (unpaired) electrons. The molecule has 106 valence electrons. The predicted octanol–water partition coefficient (Wildman–Crippen LogP) is 3.47. The smallest absolute Gasteiger partial charge is 0.271 e. The zero-order valence-electron chi connectivity index (χ0n) is 11.0. The second kappa shape index (κ2) is 6.38. The zero-order valence-corrected chi connectivity index (χ0v) is 11.8. The van der Waals surface area contributed by atoms with Gasteiger partial charge in [0.15, 0.2) is 0 Å². The number of benzene rings is 1. The van der Waals surface area contributed by atoms with Gasteiger partial charge >= 0.3 is 0 Å². The molecule has 0 bridgehead atoms. The first-order valence-electron chi connectivity index (χ1n) is 6.28. The number of rotatable bonds is 6. The number of imidazole rings is 1. The molecule has 2 aromatic rings. The van der Waals surface area contributed by atoms with Crippen LogP contribution in [0.15, 0.2) is 30.7 Å². The van der Waals surface area contributed by atoms with Crippen LogP contribution in [0.2, 0.25) is 5.02 Å². The van der Waals surface area contributed by atoms with Gasteiger partial charge in [-0.2, -0.15) is 0 Å². The molecule has 0 aliphatic heterocycles. The number of non-ortho nitro benzene ring substituents is 1. The lowest BCUT2D eigenvalue weighted by Gasteiger charge is -2.10. The molecular formula is C13H15ClN4O2. The van der Waals surface area contributed by atoms with Crippen molar-refractivity contribution in [2.24, 2.45) is 0 Å². The summed E-state index contributed by atoms with van der Waals surface area (Å²) in [5, 5.41) is 14.1. The molecule has 1 heterocycles. The van der Waals surface area contributed by atoms with Gasteiger partial charge in [0.2, 0.25) is 0 Å². The Labute approximate surface area is 121 Å². The summed E-state index contributed by atoms with van der Waals surface area (Å²) in [6.07, 6.45) is 4.61. The van der Waals surface area contributed by atoms with E-state index in [2.05, 4.69) is 21.8 Å². The molecule has 0 aliphatic rings. The molecule has 1 N–H and O–H groups in total. The van der Waals surface area contributed by atoms with Crippen LogP contribution < -0.4 is 5.32 Å². The highest BCUT2D eigenvalue weighted by Crippen LogP contribution is 2.26. The molecule has 1 aromatic heterocycles. The minimum atomic E-state index is -0.466. The van der Waals surface area contributed by atoms with Crippen molar-refractivity contribution in [1.29, 1.82) is 0 Å². The number of anilines is 1. The molecule has 0 aliphatic carbocycles. The van der Waals surface area contributed by atoms with Gasteiger partial charge < -0.3 is 9.88 Å².